The minimum Gasteiger partial charge on any atom is -0.494 e. The predicted molar refractivity (Wildman–Crippen MR) is 180 cm³/mol. The van der Waals surface area contributed by atoms with Crippen LogP contribution < -0.4 is 25.4 Å². The van der Waals surface area contributed by atoms with Gasteiger partial charge < -0.3 is 30.3 Å². The second-order valence-corrected chi connectivity index (χ2v) is 11.7. The van der Waals surface area contributed by atoms with Crippen LogP contribution in [0.25, 0.3) is 0 Å². The van der Waals surface area contributed by atoms with E-state index < -0.39 is 23.9 Å². The number of rotatable bonds is 8. The molecule has 1 heterocycles. The van der Waals surface area contributed by atoms with Crippen LogP contribution in [-0.2, 0) is 20.8 Å². The van der Waals surface area contributed by atoms with Gasteiger partial charge in [0.2, 0.25) is 17.7 Å². The summed E-state index contributed by atoms with van der Waals surface area (Å²) in [4.78, 5) is 55.3. The quantitative estimate of drug-likeness (QED) is 0.315. The van der Waals surface area contributed by atoms with E-state index in [4.69, 9.17) is 9.47 Å². The zero-order valence-corrected chi connectivity index (χ0v) is 27.1. The minimum absolute atomic E-state index is 0.0367. The summed E-state index contributed by atoms with van der Waals surface area (Å²) in [5, 5.41) is 8.60. The number of carbonyl (C=O) groups excluding carboxylic acids is 4. The van der Waals surface area contributed by atoms with Crippen molar-refractivity contribution in [2.24, 2.45) is 0 Å². The molecule has 0 fully saturated rings. The van der Waals surface area contributed by atoms with Gasteiger partial charge in [0.15, 0.2) is 0 Å². The van der Waals surface area contributed by atoms with Gasteiger partial charge in [0, 0.05) is 33.0 Å². The largest absolute Gasteiger partial charge is 0.494 e. The molecule has 2 atom stereocenters. The highest BCUT2D eigenvalue weighted by Crippen LogP contribution is 2.19. The van der Waals surface area contributed by atoms with Crippen molar-refractivity contribution >= 4 is 23.6 Å². The Bertz CT molecular complexity index is 1440. The highest BCUT2D eigenvalue weighted by atomic mass is 16.5. The Balaban J connectivity index is 1.46. The van der Waals surface area contributed by atoms with E-state index in [-0.39, 0.29) is 24.7 Å². The van der Waals surface area contributed by atoms with E-state index in [2.05, 4.69) is 16.0 Å². The van der Waals surface area contributed by atoms with E-state index in [1.807, 2.05) is 60.7 Å². The van der Waals surface area contributed by atoms with Gasteiger partial charge in [-0.2, -0.15) is 0 Å². The van der Waals surface area contributed by atoms with Gasteiger partial charge in [-0.25, -0.2) is 0 Å². The van der Waals surface area contributed by atoms with Crippen LogP contribution in [0.15, 0.2) is 84.9 Å². The Morgan fingerprint density at radius 3 is 2.38 bits per heavy atom. The van der Waals surface area contributed by atoms with Crippen molar-refractivity contribution in [3.8, 4) is 11.5 Å². The number of hydrogen-bond donors (Lipinski definition) is 3. The number of ether oxygens (including phenoxy) is 2. The molecule has 10 heteroatoms. The summed E-state index contributed by atoms with van der Waals surface area (Å²) in [6, 6.07) is 24.1. The van der Waals surface area contributed by atoms with E-state index in [1.54, 1.807) is 36.2 Å². The van der Waals surface area contributed by atoms with E-state index in [0.29, 0.717) is 50.5 Å². The smallest absolute Gasteiger partial charge is 0.255 e. The normalized spacial score (nSPS) is 18.7. The number of nitrogens with zero attached hydrogens (tertiary/aromatic N) is 1. The van der Waals surface area contributed by atoms with E-state index >= 15 is 0 Å². The molecule has 0 aromatic heterocycles. The highest BCUT2D eigenvalue weighted by molar-refractivity contribution is 5.99. The number of amides is 4. The Labute approximate surface area is 277 Å². The fraction of sp³-hybridized carbons (Fsp3) is 0.405. The molecule has 3 N–H and O–H groups in total. The van der Waals surface area contributed by atoms with Crippen molar-refractivity contribution in [2.45, 2.75) is 63.5 Å². The third kappa shape index (κ3) is 11.8. The highest BCUT2D eigenvalue weighted by Gasteiger charge is 2.27. The number of para-hydroxylation sites is 2. The number of fused-ring (bicyclic) bond motifs is 1. The molecule has 1 aliphatic heterocycles. The predicted octanol–water partition coefficient (Wildman–Crippen LogP) is 4.29. The maximum absolute atomic E-state index is 13.5. The lowest BCUT2D eigenvalue weighted by molar-refractivity contribution is -0.135. The van der Waals surface area contributed by atoms with Crippen molar-refractivity contribution in [1.82, 2.24) is 20.9 Å². The molecule has 0 aliphatic carbocycles. The lowest BCUT2D eigenvalue weighted by Crippen LogP contribution is -2.50. The molecule has 0 spiro atoms. The van der Waals surface area contributed by atoms with Gasteiger partial charge in [-0.1, -0.05) is 73.5 Å². The van der Waals surface area contributed by atoms with Crippen LogP contribution in [0.2, 0.25) is 0 Å². The lowest BCUT2D eigenvalue weighted by atomic mass is 10.0. The Morgan fingerprint density at radius 1 is 0.894 bits per heavy atom. The second-order valence-electron chi connectivity index (χ2n) is 11.7. The molecular formula is C37H46N4O6. The molecule has 0 unspecified atom stereocenters. The summed E-state index contributed by atoms with van der Waals surface area (Å²) in [7, 11) is 1.76. The molecule has 1 aliphatic rings. The molecule has 0 saturated carbocycles. The maximum atomic E-state index is 13.5. The third-order valence-electron chi connectivity index (χ3n) is 7.98. The fourth-order valence-electron chi connectivity index (χ4n) is 5.35. The van der Waals surface area contributed by atoms with Crippen molar-refractivity contribution in [1.29, 1.82) is 0 Å². The first kappa shape index (κ1) is 35.0. The Kier molecular flexibility index (Phi) is 14.1. The summed E-state index contributed by atoms with van der Waals surface area (Å²) in [6.45, 7) is 1.73. The summed E-state index contributed by atoms with van der Waals surface area (Å²) in [5.74, 6) is -0.242. The summed E-state index contributed by atoms with van der Waals surface area (Å²) >= 11 is 0. The first-order chi connectivity index (χ1) is 22.9. The van der Waals surface area contributed by atoms with Crippen LogP contribution in [-0.4, -0.2) is 74.0 Å². The van der Waals surface area contributed by atoms with Crippen molar-refractivity contribution in [3.63, 3.8) is 0 Å². The van der Waals surface area contributed by atoms with Gasteiger partial charge in [-0.3, -0.25) is 19.2 Å². The number of nitrogens with one attached hydrogen (secondary N) is 3. The number of carbonyl (C=O) groups is 4. The zero-order valence-electron chi connectivity index (χ0n) is 27.1. The van der Waals surface area contributed by atoms with Gasteiger partial charge in [-0.15, -0.1) is 0 Å². The third-order valence-corrected chi connectivity index (χ3v) is 7.98. The van der Waals surface area contributed by atoms with Crippen LogP contribution >= 0.6 is 0 Å². The second kappa shape index (κ2) is 19.0. The van der Waals surface area contributed by atoms with Crippen molar-refractivity contribution in [2.75, 3.05) is 33.4 Å². The van der Waals surface area contributed by atoms with Gasteiger partial charge in [-0.05, 0) is 55.5 Å². The van der Waals surface area contributed by atoms with Gasteiger partial charge in [0.05, 0.1) is 18.8 Å². The van der Waals surface area contributed by atoms with E-state index in [0.717, 1.165) is 37.0 Å². The molecule has 3 aromatic carbocycles. The van der Waals surface area contributed by atoms with Crippen LogP contribution in [0.4, 0.5) is 0 Å². The van der Waals surface area contributed by atoms with E-state index in [1.165, 1.54) is 0 Å². The van der Waals surface area contributed by atoms with Crippen LogP contribution in [0.3, 0.4) is 0 Å². The van der Waals surface area contributed by atoms with Gasteiger partial charge in [0.1, 0.15) is 23.6 Å². The molecule has 250 valence electrons. The first-order valence-corrected chi connectivity index (χ1v) is 16.5. The molecular weight excluding hydrogens is 596 g/mol. The van der Waals surface area contributed by atoms with Crippen LogP contribution in [0, 0.1) is 0 Å². The first-order valence-electron chi connectivity index (χ1n) is 16.5. The van der Waals surface area contributed by atoms with Crippen molar-refractivity contribution < 1.29 is 28.7 Å². The number of likely N-dealkylation sites (N-methyl/N-ethyl adjacent to an activating group) is 1. The molecule has 3 aromatic rings. The van der Waals surface area contributed by atoms with Crippen molar-refractivity contribution in [3.05, 3.63) is 96.1 Å². The minimum atomic E-state index is -0.996. The van der Waals surface area contributed by atoms with Crippen LogP contribution in [0.1, 0.15) is 60.9 Å². The van der Waals surface area contributed by atoms with Gasteiger partial charge >= 0.3 is 0 Å². The number of hydrogen-bond acceptors (Lipinski definition) is 6. The Morgan fingerprint density at radius 2 is 1.60 bits per heavy atom. The average molecular weight is 643 g/mol. The van der Waals surface area contributed by atoms with Gasteiger partial charge in [0.25, 0.3) is 5.91 Å². The van der Waals surface area contributed by atoms with E-state index in [9.17, 15) is 19.2 Å². The number of benzene rings is 3. The molecule has 4 amide bonds. The molecule has 4 rings (SSSR count). The zero-order chi connectivity index (χ0) is 33.3. The molecule has 0 saturated heterocycles. The summed E-state index contributed by atoms with van der Waals surface area (Å²) in [5.41, 5.74) is 1.25. The summed E-state index contributed by atoms with van der Waals surface area (Å²) in [6.07, 6.45) is 4.28. The standard InChI is InChI=1S/C37H46N4O6/c1-41-24-12-2-3-13-25-47-33-20-11-10-19-30(33)35(43)40-31(36(44)38-23-14-26-46-29-17-8-5-9-18-29)21-22-34(42)39-32(37(41)45)27-28-15-6-4-7-16-28/h4-11,15-20,31-32H,2-3,12-14,21-27H2,1H3,(H,38,44)(H,39,42)(H,40,43)/t31-,32-/m0/s1. The maximum Gasteiger partial charge on any atom is 0.255 e. The Hall–Kier alpha value is -4.86. The summed E-state index contributed by atoms with van der Waals surface area (Å²) < 4.78 is 11.7. The monoisotopic (exact) mass is 642 g/mol. The molecule has 47 heavy (non-hydrogen) atoms. The lowest BCUT2D eigenvalue weighted by Gasteiger charge is -2.25. The molecule has 10 nitrogen and oxygen atoms in total. The fourth-order valence-corrected chi connectivity index (χ4v) is 5.35. The topological polar surface area (TPSA) is 126 Å². The van der Waals surface area contributed by atoms with Crippen LogP contribution in [0.5, 0.6) is 11.5 Å². The SMILES string of the molecule is CN1CCCCCCOc2ccccc2C(=O)N[C@H](C(=O)NCCCOc2ccccc2)CCC(=O)N[C@@H](Cc2ccccc2)C1=O. The molecule has 0 radical (unpaired) electrons. The molecule has 0 bridgehead atoms. The average Bonchev–Trinajstić information content (AvgIpc) is 3.09.